The van der Waals surface area contributed by atoms with Crippen LogP contribution in [0, 0.1) is 5.41 Å². The van der Waals surface area contributed by atoms with Crippen molar-refractivity contribution >= 4 is 0 Å². The summed E-state index contributed by atoms with van der Waals surface area (Å²) in [5.41, 5.74) is 1.33. The van der Waals surface area contributed by atoms with Crippen LogP contribution >= 0.6 is 0 Å². The lowest BCUT2D eigenvalue weighted by Crippen LogP contribution is -2.08. The van der Waals surface area contributed by atoms with E-state index in [2.05, 4.69) is 20.8 Å². The largest absolute Gasteiger partial charge is 0.388 e. The second kappa shape index (κ2) is 4.61. The van der Waals surface area contributed by atoms with E-state index in [0.717, 1.165) is 18.4 Å². The molecule has 0 unspecified atom stereocenters. The third-order valence-corrected chi connectivity index (χ3v) is 2.35. The molecule has 1 N–H and O–H groups in total. The van der Waals surface area contributed by atoms with Crippen molar-refractivity contribution in [3.8, 4) is 0 Å². The number of hydrogen-bond acceptors (Lipinski definition) is 1. The molecule has 0 spiro atoms. The molecule has 0 saturated heterocycles. The van der Waals surface area contributed by atoms with Gasteiger partial charge in [0.1, 0.15) is 0 Å². The summed E-state index contributed by atoms with van der Waals surface area (Å²) in [6.07, 6.45) is 1.58. The van der Waals surface area contributed by atoms with Crippen LogP contribution in [-0.2, 0) is 0 Å². The molecule has 1 aromatic rings. The Morgan fingerprint density at radius 2 is 1.71 bits per heavy atom. The highest BCUT2D eigenvalue weighted by atomic mass is 16.3. The summed E-state index contributed by atoms with van der Waals surface area (Å²) in [7, 11) is 0. The Kier molecular flexibility index (Phi) is 3.70. The first kappa shape index (κ1) is 11.3. The van der Waals surface area contributed by atoms with Crippen LogP contribution in [0.5, 0.6) is 0 Å². The van der Waals surface area contributed by atoms with E-state index in [1.165, 1.54) is 0 Å². The molecule has 0 aliphatic heterocycles. The van der Waals surface area contributed by atoms with Gasteiger partial charge in [0.2, 0.25) is 0 Å². The average Bonchev–Trinajstić information content (AvgIpc) is 2.14. The van der Waals surface area contributed by atoms with Gasteiger partial charge in [0.25, 0.3) is 0 Å². The molecule has 0 amide bonds. The van der Waals surface area contributed by atoms with E-state index in [9.17, 15) is 5.11 Å². The third kappa shape index (κ3) is 3.93. The fourth-order valence-corrected chi connectivity index (χ4v) is 1.41. The summed E-state index contributed by atoms with van der Waals surface area (Å²) in [6, 6.07) is 9.87. The average molecular weight is 192 g/mol. The van der Waals surface area contributed by atoms with E-state index >= 15 is 0 Å². The van der Waals surface area contributed by atoms with Gasteiger partial charge in [0.05, 0.1) is 6.10 Å². The molecule has 0 fully saturated rings. The van der Waals surface area contributed by atoms with Gasteiger partial charge in [0.15, 0.2) is 0 Å². The van der Waals surface area contributed by atoms with Crippen LogP contribution in [0.2, 0.25) is 0 Å². The molecule has 0 aromatic heterocycles. The van der Waals surface area contributed by atoms with E-state index in [-0.39, 0.29) is 6.10 Å². The number of aliphatic hydroxyl groups is 1. The third-order valence-electron chi connectivity index (χ3n) is 2.35. The lowest BCUT2D eigenvalue weighted by Gasteiger charge is -2.20. The minimum absolute atomic E-state index is 0.301. The second-order valence-electron chi connectivity index (χ2n) is 5.03. The van der Waals surface area contributed by atoms with E-state index in [4.69, 9.17) is 0 Å². The molecule has 1 nitrogen and oxygen atoms in total. The van der Waals surface area contributed by atoms with Crippen LogP contribution in [0.25, 0.3) is 0 Å². The van der Waals surface area contributed by atoms with Gasteiger partial charge in [-0.15, -0.1) is 0 Å². The highest BCUT2D eigenvalue weighted by Crippen LogP contribution is 2.26. The number of benzene rings is 1. The number of aliphatic hydroxyl groups excluding tert-OH is 1. The van der Waals surface area contributed by atoms with E-state index in [1.54, 1.807) is 0 Å². The number of hydrogen-bond donors (Lipinski definition) is 1. The van der Waals surface area contributed by atoms with Gasteiger partial charge in [-0.25, -0.2) is 0 Å². The minimum Gasteiger partial charge on any atom is -0.388 e. The van der Waals surface area contributed by atoms with Crippen molar-refractivity contribution in [1.82, 2.24) is 0 Å². The van der Waals surface area contributed by atoms with Crippen LogP contribution in [0.15, 0.2) is 30.3 Å². The van der Waals surface area contributed by atoms with Crippen molar-refractivity contribution in [2.24, 2.45) is 5.41 Å². The van der Waals surface area contributed by atoms with Crippen LogP contribution in [0.1, 0.15) is 45.3 Å². The van der Waals surface area contributed by atoms with Crippen molar-refractivity contribution < 1.29 is 5.11 Å². The molecule has 0 aliphatic rings. The molecule has 1 aromatic carbocycles. The Labute approximate surface area is 86.8 Å². The van der Waals surface area contributed by atoms with Gasteiger partial charge in [-0.05, 0) is 23.8 Å². The van der Waals surface area contributed by atoms with Crippen LogP contribution in [-0.4, -0.2) is 5.11 Å². The Bertz CT molecular complexity index is 258. The normalized spacial score (nSPS) is 14.0. The van der Waals surface area contributed by atoms with Gasteiger partial charge >= 0.3 is 0 Å². The zero-order chi connectivity index (χ0) is 10.6. The number of rotatable bonds is 3. The van der Waals surface area contributed by atoms with Crippen LogP contribution in [0.3, 0.4) is 0 Å². The van der Waals surface area contributed by atoms with Gasteiger partial charge in [-0.1, -0.05) is 51.1 Å². The van der Waals surface area contributed by atoms with E-state index in [0.29, 0.717) is 5.41 Å². The van der Waals surface area contributed by atoms with Gasteiger partial charge in [-0.3, -0.25) is 0 Å². The van der Waals surface area contributed by atoms with Crippen LogP contribution in [0.4, 0.5) is 0 Å². The summed E-state index contributed by atoms with van der Waals surface area (Å²) < 4.78 is 0. The zero-order valence-electron chi connectivity index (χ0n) is 9.33. The lowest BCUT2D eigenvalue weighted by molar-refractivity contribution is 0.147. The Morgan fingerprint density at radius 3 is 2.21 bits per heavy atom. The molecular formula is C13H20O. The van der Waals surface area contributed by atoms with E-state index in [1.807, 2.05) is 30.3 Å². The lowest BCUT2D eigenvalue weighted by atomic mass is 9.88. The summed E-state index contributed by atoms with van der Waals surface area (Å²) in [4.78, 5) is 0. The highest BCUT2D eigenvalue weighted by Gasteiger charge is 2.14. The monoisotopic (exact) mass is 192 g/mol. The maximum absolute atomic E-state index is 9.88. The molecule has 1 atom stereocenters. The standard InChI is InChI=1S/C13H20O/c1-13(2,3)10-9-12(14)11-7-5-4-6-8-11/h4-8,12,14H,9-10H2,1-3H3/t12-/m0/s1. The molecule has 0 bridgehead atoms. The Balaban J connectivity index is 2.48. The Hall–Kier alpha value is -0.820. The predicted molar refractivity (Wildman–Crippen MR) is 60.1 cm³/mol. The first-order valence-electron chi connectivity index (χ1n) is 5.22. The first-order valence-corrected chi connectivity index (χ1v) is 5.22. The summed E-state index contributed by atoms with van der Waals surface area (Å²) in [5.74, 6) is 0. The molecule has 0 heterocycles. The molecule has 0 radical (unpaired) electrons. The van der Waals surface area contributed by atoms with Crippen molar-refractivity contribution in [3.05, 3.63) is 35.9 Å². The molecule has 0 saturated carbocycles. The SMILES string of the molecule is CC(C)(C)CC[C@H](O)c1ccccc1. The topological polar surface area (TPSA) is 20.2 Å². The minimum atomic E-state index is -0.310. The summed E-state index contributed by atoms with van der Waals surface area (Å²) in [6.45, 7) is 6.60. The molecule has 1 rings (SSSR count). The first-order chi connectivity index (χ1) is 6.49. The quantitative estimate of drug-likeness (QED) is 0.776. The maximum atomic E-state index is 9.88. The fourth-order valence-electron chi connectivity index (χ4n) is 1.41. The molecule has 0 aliphatic carbocycles. The summed E-state index contributed by atoms with van der Waals surface area (Å²) in [5, 5.41) is 9.88. The second-order valence-corrected chi connectivity index (χ2v) is 5.03. The smallest absolute Gasteiger partial charge is 0.0790 e. The van der Waals surface area contributed by atoms with Gasteiger partial charge < -0.3 is 5.11 Å². The summed E-state index contributed by atoms with van der Waals surface area (Å²) >= 11 is 0. The van der Waals surface area contributed by atoms with E-state index < -0.39 is 0 Å². The highest BCUT2D eigenvalue weighted by molar-refractivity contribution is 5.17. The van der Waals surface area contributed by atoms with Gasteiger partial charge in [-0.2, -0.15) is 0 Å². The predicted octanol–water partition coefficient (Wildman–Crippen LogP) is 3.55. The van der Waals surface area contributed by atoms with Crippen molar-refractivity contribution in [2.75, 3.05) is 0 Å². The molecule has 1 heteroatoms. The fraction of sp³-hybridized carbons (Fsp3) is 0.538. The van der Waals surface area contributed by atoms with Crippen molar-refractivity contribution in [3.63, 3.8) is 0 Å². The Morgan fingerprint density at radius 1 is 1.14 bits per heavy atom. The molecular weight excluding hydrogens is 172 g/mol. The van der Waals surface area contributed by atoms with Crippen molar-refractivity contribution in [2.45, 2.75) is 39.7 Å². The van der Waals surface area contributed by atoms with Crippen LogP contribution < -0.4 is 0 Å². The van der Waals surface area contributed by atoms with Crippen molar-refractivity contribution in [1.29, 1.82) is 0 Å². The zero-order valence-corrected chi connectivity index (χ0v) is 9.33. The molecule has 78 valence electrons. The molecule has 14 heavy (non-hydrogen) atoms. The maximum Gasteiger partial charge on any atom is 0.0790 e. The van der Waals surface area contributed by atoms with Gasteiger partial charge in [0, 0.05) is 0 Å².